The third-order valence-corrected chi connectivity index (χ3v) is 9.96. The van der Waals surface area contributed by atoms with Crippen molar-refractivity contribution >= 4 is 24.9 Å². The second-order valence-corrected chi connectivity index (χ2v) is 15.0. The van der Waals surface area contributed by atoms with E-state index in [4.69, 9.17) is 0 Å². The molecular formula is C56H56N8O2Zn2. The van der Waals surface area contributed by atoms with Crippen molar-refractivity contribution in [2.75, 3.05) is 0 Å². The Bertz CT molecular complexity index is 2300. The second kappa shape index (κ2) is 32.3. The number of aromatic nitrogens is 4. The van der Waals surface area contributed by atoms with Crippen LogP contribution in [0.3, 0.4) is 0 Å². The van der Waals surface area contributed by atoms with Crippen LogP contribution in [0.4, 0.5) is 0 Å². The molecule has 0 fully saturated rings. The molecule has 0 aliphatic rings. The van der Waals surface area contributed by atoms with Crippen LogP contribution in [0.5, 0.6) is 0 Å². The van der Waals surface area contributed by atoms with Gasteiger partial charge in [-0.25, -0.2) is 0 Å². The fourth-order valence-electron chi connectivity index (χ4n) is 6.07. The molecule has 4 heterocycles. The Balaban J connectivity index is 0.000000266. The van der Waals surface area contributed by atoms with Gasteiger partial charge in [0.2, 0.25) is 0 Å². The molecule has 0 saturated carbocycles. The van der Waals surface area contributed by atoms with Gasteiger partial charge in [-0.3, -0.25) is 29.9 Å². The molecule has 0 amide bonds. The van der Waals surface area contributed by atoms with Gasteiger partial charge in [0.25, 0.3) is 0 Å². The van der Waals surface area contributed by atoms with Crippen molar-refractivity contribution in [1.29, 1.82) is 0 Å². The number of benzene rings is 4. The molecule has 0 radical (unpaired) electrons. The van der Waals surface area contributed by atoms with Crippen LogP contribution in [0.25, 0.3) is 0 Å². The number of rotatable bonds is 14. The van der Waals surface area contributed by atoms with Crippen LogP contribution in [0, 0.1) is 0 Å². The summed E-state index contributed by atoms with van der Waals surface area (Å²) >= 11 is 0. The summed E-state index contributed by atoms with van der Waals surface area (Å²) in [5.74, 6) is 0. The number of pyridine rings is 2. The second-order valence-electron chi connectivity index (χ2n) is 15.0. The van der Waals surface area contributed by atoms with Crippen LogP contribution >= 0.6 is 0 Å². The molecule has 0 N–H and O–H groups in total. The summed E-state index contributed by atoms with van der Waals surface area (Å²) in [5.41, 5.74) is 9.43. The van der Waals surface area contributed by atoms with Gasteiger partial charge >= 0.3 is 39.0 Å². The van der Waals surface area contributed by atoms with Crippen molar-refractivity contribution in [3.8, 4) is 0 Å². The Hall–Kier alpha value is -6.41. The van der Waals surface area contributed by atoms with Crippen molar-refractivity contribution in [2.24, 2.45) is 20.0 Å². The van der Waals surface area contributed by atoms with Gasteiger partial charge in [-0.1, -0.05) is 171 Å². The summed E-state index contributed by atoms with van der Waals surface area (Å²) in [4.78, 5) is 35.0. The van der Waals surface area contributed by atoms with Crippen LogP contribution in [0.2, 0.25) is 0 Å². The predicted molar refractivity (Wildman–Crippen MR) is 265 cm³/mol. The molecule has 0 aliphatic carbocycles. The van der Waals surface area contributed by atoms with Crippen molar-refractivity contribution in [3.05, 3.63) is 251 Å². The maximum atomic E-state index is 10.1. The monoisotopic (exact) mass is 1000 g/mol. The SMILES string of the molecule is C[C@@H](N=Cc1ccc(C=N[C@H](C)c2ccccc2)[n-]1)c1ccccc1.C[C@@H](N=Cc1ccc(C=N[C@H](C)c2ccccc2)[n-]1)c1ccccc1.[O-]Cc1ccccn1.[O-]Cc1ccccn1.[Zn+2].[Zn+2]. The first kappa shape index (κ1) is 55.9. The molecule has 0 unspecified atom stereocenters. The van der Waals surface area contributed by atoms with Crippen LogP contribution in [-0.4, -0.2) is 34.8 Å². The summed E-state index contributed by atoms with van der Waals surface area (Å²) < 4.78 is 0. The van der Waals surface area contributed by atoms with Crippen molar-refractivity contribution < 1.29 is 49.2 Å². The molecule has 0 aliphatic heterocycles. The minimum Gasteiger partial charge on any atom is -0.850 e. The molecule has 8 rings (SSSR count). The summed E-state index contributed by atoms with van der Waals surface area (Å²) in [6.07, 6.45) is 10.6. The van der Waals surface area contributed by atoms with E-state index in [1.54, 1.807) is 48.8 Å². The van der Waals surface area contributed by atoms with E-state index in [0.29, 0.717) is 11.4 Å². The minimum absolute atomic E-state index is 0. The maximum absolute atomic E-state index is 10.1. The summed E-state index contributed by atoms with van der Waals surface area (Å²) in [5, 5.41) is 20.1. The number of nitrogens with zero attached hydrogens (tertiary/aromatic N) is 8. The van der Waals surface area contributed by atoms with E-state index >= 15 is 0 Å². The van der Waals surface area contributed by atoms with E-state index in [2.05, 4.69) is 116 Å². The van der Waals surface area contributed by atoms with Gasteiger partial charge in [0.05, 0.1) is 24.2 Å². The normalized spacial score (nSPS) is 12.6. The van der Waals surface area contributed by atoms with Gasteiger partial charge in [0, 0.05) is 48.6 Å². The van der Waals surface area contributed by atoms with Crippen molar-refractivity contribution in [2.45, 2.75) is 65.1 Å². The fourth-order valence-corrected chi connectivity index (χ4v) is 6.07. The fraction of sp³-hybridized carbons (Fsp3) is 0.179. The van der Waals surface area contributed by atoms with Gasteiger partial charge in [-0.05, 0) is 74.2 Å². The number of aliphatic imine (C=N–C) groups is 4. The van der Waals surface area contributed by atoms with E-state index in [1.807, 2.05) is 122 Å². The summed E-state index contributed by atoms with van der Waals surface area (Å²) in [7, 11) is 0. The van der Waals surface area contributed by atoms with Gasteiger partial charge < -0.3 is 20.2 Å². The Labute approximate surface area is 427 Å². The molecule has 4 atom stereocenters. The number of hydrogen-bond acceptors (Lipinski definition) is 8. The zero-order valence-electron chi connectivity index (χ0n) is 39.3. The third-order valence-electron chi connectivity index (χ3n) is 9.96. The van der Waals surface area contributed by atoms with Gasteiger partial charge in [0.1, 0.15) is 0 Å². The molecule has 12 heteroatoms. The molecule has 0 spiro atoms. The minimum atomic E-state index is -0.221. The first-order chi connectivity index (χ1) is 32.3. The van der Waals surface area contributed by atoms with E-state index in [9.17, 15) is 10.2 Å². The quantitative estimate of drug-likeness (QED) is 0.0782. The van der Waals surface area contributed by atoms with Crippen LogP contribution in [0.1, 0.15) is 108 Å². The summed E-state index contributed by atoms with van der Waals surface area (Å²) in [6.45, 7) is 7.89. The molecular weight excluding hydrogens is 947 g/mol. The standard InChI is InChI=1S/2C22H22N3.2C6H6NO.2Zn/c2*1-17(19-9-5-3-6-10-19)23-15-21-13-14-22(25-21)16-24-18(2)20-11-7-4-8-12-20;2*8-5-6-3-1-2-4-7-6;;/h2*3-18H,1-2H3;2*1-4H,5H2;;/q4*-1;2*+2/t2*17-,18-;;;;/m11..../s1. The first-order valence-electron chi connectivity index (χ1n) is 21.9. The molecule has 4 aromatic heterocycles. The van der Waals surface area contributed by atoms with E-state index in [-0.39, 0.29) is 76.3 Å². The zero-order chi connectivity index (χ0) is 46.6. The van der Waals surface area contributed by atoms with Crippen molar-refractivity contribution in [3.63, 3.8) is 0 Å². The Morgan fingerprint density at radius 2 is 0.603 bits per heavy atom. The Kier molecular flexibility index (Phi) is 26.6. The average molecular weight is 1000 g/mol. The molecule has 0 saturated heterocycles. The average Bonchev–Trinajstić information content (AvgIpc) is 4.07. The maximum Gasteiger partial charge on any atom is 2.00 e. The van der Waals surface area contributed by atoms with Crippen LogP contribution in [-0.2, 0) is 52.2 Å². The Morgan fingerprint density at radius 3 is 0.794 bits per heavy atom. The first-order valence-corrected chi connectivity index (χ1v) is 21.9. The molecule has 336 valence electrons. The van der Waals surface area contributed by atoms with Gasteiger partial charge in [0.15, 0.2) is 0 Å². The van der Waals surface area contributed by atoms with Crippen LogP contribution in [0.15, 0.2) is 214 Å². The molecule has 8 aromatic rings. The smallest absolute Gasteiger partial charge is 0.850 e. The molecule has 68 heavy (non-hydrogen) atoms. The topological polar surface area (TPSA) is 150 Å². The van der Waals surface area contributed by atoms with Gasteiger partial charge in [-0.15, -0.1) is 22.8 Å². The summed E-state index contributed by atoms with van der Waals surface area (Å²) in [6, 6.07) is 60.0. The van der Waals surface area contributed by atoms with Crippen molar-refractivity contribution in [1.82, 2.24) is 19.9 Å². The van der Waals surface area contributed by atoms with Crippen LogP contribution < -0.4 is 20.2 Å². The van der Waals surface area contributed by atoms with E-state index in [0.717, 1.165) is 22.8 Å². The van der Waals surface area contributed by atoms with E-state index < -0.39 is 0 Å². The largest absolute Gasteiger partial charge is 2.00 e. The molecule has 0 bridgehead atoms. The molecule has 4 aromatic carbocycles. The zero-order valence-corrected chi connectivity index (χ0v) is 45.3. The Morgan fingerprint density at radius 1 is 0.368 bits per heavy atom. The predicted octanol–water partition coefficient (Wildman–Crippen LogP) is 9.89. The van der Waals surface area contributed by atoms with E-state index in [1.165, 1.54) is 22.3 Å². The van der Waals surface area contributed by atoms with Gasteiger partial charge in [-0.2, -0.15) is 0 Å². The molecule has 10 nitrogen and oxygen atoms in total. The third kappa shape index (κ3) is 20.6. The number of hydrogen-bond donors (Lipinski definition) is 0.